The van der Waals surface area contributed by atoms with Crippen LogP contribution in [0.1, 0.15) is 57.1 Å². The van der Waals surface area contributed by atoms with E-state index in [0.717, 1.165) is 28.8 Å². The number of benzene rings is 2. The Morgan fingerprint density at radius 1 is 1.13 bits per heavy atom. The molecular formula is C24H28N4O2. The van der Waals surface area contributed by atoms with Crippen molar-refractivity contribution in [2.45, 2.75) is 58.3 Å². The van der Waals surface area contributed by atoms with Gasteiger partial charge in [0.05, 0.1) is 23.5 Å². The van der Waals surface area contributed by atoms with Gasteiger partial charge in [0, 0.05) is 12.6 Å². The van der Waals surface area contributed by atoms with Crippen molar-refractivity contribution in [3.05, 3.63) is 66.0 Å². The van der Waals surface area contributed by atoms with Gasteiger partial charge in [-0.3, -0.25) is 9.59 Å². The molecule has 6 nitrogen and oxygen atoms in total. The van der Waals surface area contributed by atoms with E-state index in [-0.39, 0.29) is 30.3 Å². The molecule has 0 radical (unpaired) electrons. The first-order valence-electron chi connectivity index (χ1n) is 10.6. The summed E-state index contributed by atoms with van der Waals surface area (Å²) in [6.45, 7) is 6.51. The lowest BCUT2D eigenvalue weighted by Gasteiger charge is -2.38. The molecule has 2 heterocycles. The lowest BCUT2D eigenvalue weighted by molar-refractivity contribution is -0.142. The predicted molar refractivity (Wildman–Crippen MR) is 117 cm³/mol. The van der Waals surface area contributed by atoms with Crippen LogP contribution in [0.2, 0.25) is 0 Å². The van der Waals surface area contributed by atoms with Crippen LogP contribution in [-0.4, -0.2) is 32.3 Å². The smallest absolute Gasteiger partial charge is 0.247 e. The third kappa shape index (κ3) is 3.70. The molecule has 30 heavy (non-hydrogen) atoms. The van der Waals surface area contributed by atoms with Crippen molar-refractivity contribution in [3.8, 4) is 0 Å². The number of hydrogen-bond acceptors (Lipinski definition) is 3. The summed E-state index contributed by atoms with van der Waals surface area (Å²) in [6, 6.07) is 17.1. The van der Waals surface area contributed by atoms with Gasteiger partial charge in [-0.15, -0.1) is 0 Å². The molecule has 1 aromatic heterocycles. The number of carbonyl (C=O) groups is 2. The topological polar surface area (TPSA) is 67.2 Å². The van der Waals surface area contributed by atoms with Gasteiger partial charge in [-0.1, -0.05) is 49.4 Å². The Kier molecular flexibility index (Phi) is 5.57. The molecular weight excluding hydrogens is 376 g/mol. The van der Waals surface area contributed by atoms with Gasteiger partial charge in [0.25, 0.3) is 0 Å². The molecule has 2 aromatic carbocycles. The standard InChI is InChI=1S/C24H28N4O2/c1-4-16(2)25-22(29)14-21-24(30)27(15-18-10-6-5-7-11-18)17(3)23-26-19-12-8-9-13-20(19)28(21)23/h5-13,16-17,21H,4,14-15H2,1-3H3,(H,25,29). The predicted octanol–water partition coefficient (Wildman–Crippen LogP) is 3.99. The number of carbonyl (C=O) groups excluding carboxylic acids is 2. The average molecular weight is 405 g/mol. The highest BCUT2D eigenvalue weighted by Crippen LogP contribution is 2.37. The molecule has 6 heteroatoms. The first-order valence-corrected chi connectivity index (χ1v) is 10.6. The van der Waals surface area contributed by atoms with E-state index in [1.54, 1.807) is 0 Å². The fourth-order valence-electron chi connectivity index (χ4n) is 4.10. The van der Waals surface area contributed by atoms with E-state index in [4.69, 9.17) is 4.98 Å². The summed E-state index contributed by atoms with van der Waals surface area (Å²) in [5, 5.41) is 3.00. The van der Waals surface area contributed by atoms with Crippen molar-refractivity contribution in [2.24, 2.45) is 0 Å². The average Bonchev–Trinajstić information content (AvgIpc) is 3.14. The van der Waals surface area contributed by atoms with Crippen LogP contribution < -0.4 is 5.32 Å². The Hall–Kier alpha value is -3.15. The van der Waals surface area contributed by atoms with Crippen molar-refractivity contribution >= 4 is 22.8 Å². The summed E-state index contributed by atoms with van der Waals surface area (Å²) in [5.74, 6) is 0.676. The Morgan fingerprint density at radius 2 is 1.83 bits per heavy atom. The first-order chi connectivity index (χ1) is 14.5. The summed E-state index contributed by atoms with van der Waals surface area (Å²) in [7, 11) is 0. The summed E-state index contributed by atoms with van der Waals surface area (Å²) in [5.41, 5.74) is 2.81. The Morgan fingerprint density at radius 3 is 2.57 bits per heavy atom. The van der Waals surface area contributed by atoms with Crippen molar-refractivity contribution in [3.63, 3.8) is 0 Å². The molecule has 1 aliphatic rings. The second kappa shape index (κ2) is 8.30. The number of nitrogens with one attached hydrogen (secondary N) is 1. The van der Waals surface area contributed by atoms with Crippen LogP contribution in [0.25, 0.3) is 11.0 Å². The number of rotatable bonds is 6. The summed E-state index contributed by atoms with van der Waals surface area (Å²) in [6.07, 6.45) is 0.954. The third-order valence-corrected chi connectivity index (χ3v) is 5.94. The minimum Gasteiger partial charge on any atom is -0.354 e. The second-order valence-electron chi connectivity index (χ2n) is 8.05. The fourth-order valence-corrected chi connectivity index (χ4v) is 4.10. The van der Waals surface area contributed by atoms with Gasteiger partial charge in [-0.05, 0) is 38.0 Å². The Bertz CT molecular complexity index is 1060. The monoisotopic (exact) mass is 404 g/mol. The molecule has 1 N–H and O–H groups in total. The Balaban J connectivity index is 1.74. The maximum atomic E-state index is 13.6. The molecule has 1 aliphatic heterocycles. The zero-order valence-electron chi connectivity index (χ0n) is 17.7. The zero-order valence-corrected chi connectivity index (χ0v) is 17.7. The quantitative estimate of drug-likeness (QED) is 0.676. The van der Waals surface area contributed by atoms with Crippen LogP contribution in [0, 0.1) is 0 Å². The highest BCUT2D eigenvalue weighted by atomic mass is 16.2. The highest BCUT2D eigenvalue weighted by Gasteiger charge is 2.40. The van der Waals surface area contributed by atoms with Crippen molar-refractivity contribution in [1.82, 2.24) is 19.8 Å². The summed E-state index contributed by atoms with van der Waals surface area (Å²) < 4.78 is 1.97. The first kappa shape index (κ1) is 20.1. The molecule has 3 aromatic rings. The number of imidazole rings is 1. The van der Waals surface area contributed by atoms with Gasteiger partial charge in [0.1, 0.15) is 11.9 Å². The number of fused-ring (bicyclic) bond motifs is 3. The maximum absolute atomic E-state index is 13.6. The lowest BCUT2D eigenvalue weighted by atomic mass is 10.0. The van der Waals surface area contributed by atoms with Crippen LogP contribution >= 0.6 is 0 Å². The van der Waals surface area contributed by atoms with Crippen LogP contribution in [-0.2, 0) is 16.1 Å². The van der Waals surface area contributed by atoms with Crippen LogP contribution in [0.4, 0.5) is 0 Å². The molecule has 3 atom stereocenters. The third-order valence-electron chi connectivity index (χ3n) is 5.94. The number of para-hydroxylation sites is 2. The fraction of sp³-hybridized carbons (Fsp3) is 0.375. The SMILES string of the molecule is CCC(C)NC(=O)CC1C(=O)N(Cc2ccccc2)C(C)c2nc3ccccc3n21. The van der Waals surface area contributed by atoms with Gasteiger partial charge in [0.15, 0.2) is 0 Å². The number of nitrogens with zero attached hydrogens (tertiary/aromatic N) is 3. The highest BCUT2D eigenvalue weighted by molar-refractivity contribution is 5.91. The normalized spacial score (nSPS) is 19.6. The number of aromatic nitrogens is 2. The van der Waals surface area contributed by atoms with E-state index in [9.17, 15) is 9.59 Å². The van der Waals surface area contributed by atoms with Gasteiger partial charge in [0.2, 0.25) is 11.8 Å². The van der Waals surface area contributed by atoms with Gasteiger partial charge in [-0.2, -0.15) is 0 Å². The minimum absolute atomic E-state index is 0.0405. The van der Waals surface area contributed by atoms with E-state index in [0.29, 0.717) is 6.54 Å². The zero-order chi connectivity index (χ0) is 21.3. The molecule has 0 aliphatic carbocycles. The second-order valence-corrected chi connectivity index (χ2v) is 8.05. The molecule has 0 bridgehead atoms. The molecule has 0 fully saturated rings. The van der Waals surface area contributed by atoms with E-state index in [1.807, 2.05) is 84.8 Å². The molecule has 0 spiro atoms. The van der Waals surface area contributed by atoms with Gasteiger partial charge < -0.3 is 14.8 Å². The van der Waals surface area contributed by atoms with Crippen LogP contribution in [0.15, 0.2) is 54.6 Å². The van der Waals surface area contributed by atoms with Crippen molar-refractivity contribution < 1.29 is 9.59 Å². The van der Waals surface area contributed by atoms with Gasteiger partial charge >= 0.3 is 0 Å². The number of amides is 2. The largest absolute Gasteiger partial charge is 0.354 e. The molecule has 0 saturated carbocycles. The molecule has 4 rings (SSSR count). The van der Waals surface area contributed by atoms with E-state index >= 15 is 0 Å². The van der Waals surface area contributed by atoms with Crippen LogP contribution in [0.5, 0.6) is 0 Å². The van der Waals surface area contributed by atoms with E-state index in [2.05, 4.69) is 5.32 Å². The molecule has 3 unspecified atom stereocenters. The van der Waals surface area contributed by atoms with Crippen molar-refractivity contribution in [1.29, 1.82) is 0 Å². The molecule has 0 saturated heterocycles. The molecule has 156 valence electrons. The maximum Gasteiger partial charge on any atom is 0.247 e. The van der Waals surface area contributed by atoms with Crippen LogP contribution in [0.3, 0.4) is 0 Å². The summed E-state index contributed by atoms with van der Waals surface area (Å²) >= 11 is 0. The summed E-state index contributed by atoms with van der Waals surface area (Å²) in [4.78, 5) is 33.0. The Labute approximate surface area is 176 Å². The minimum atomic E-state index is -0.601. The number of hydrogen-bond donors (Lipinski definition) is 1. The van der Waals surface area contributed by atoms with E-state index < -0.39 is 6.04 Å². The van der Waals surface area contributed by atoms with E-state index in [1.165, 1.54) is 0 Å². The van der Waals surface area contributed by atoms with Gasteiger partial charge in [-0.25, -0.2) is 4.98 Å². The molecule has 2 amide bonds. The van der Waals surface area contributed by atoms with Crippen molar-refractivity contribution in [2.75, 3.05) is 0 Å². The lowest BCUT2D eigenvalue weighted by Crippen LogP contribution is -2.46.